The number of hydrogen-bond acceptors (Lipinski definition) is 1. The van der Waals surface area contributed by atoms with E-state index in [1.807, 2.05) is 0 Å². The Morgan fingerprint density at radius 1 is 1.29 bits per heavy atom. The summed E-state index contributed by atoms with van der Waals surface area (Å²) in [6, 6.07) is 8.60. The van der Waals surface area contributed by atoms with Gasteiger partial charge in [-0.15, -0.1) is 0 Å². The SMILES string of the molecule is Cc1ccc(CCC(O)C2CC2)cc1. The molecule has 1 aliphatic rings. The first-order valence-corrected chi connectivity index (χ1v) is 5.49. The largest absolute Gasteiger partial charge is 0.393 e. The molecule has 1 aromatic rings. The Bertz CT molecular complexity index is 285. The van der Waals surface area contributed by atoms with Gasteiger partial charge in [-0.05, 0) is 44.1 Å². The van der Waals surface area contributed by atoms with Crippen molar-refractivity contribution < 1.29 is 5.11 Å². The number of benzene rings is 1. The van der Waals surface area contributed by atoms with Gasteiger partial charge in [-0.1, -0.05) is 29.8 Å². The van der Waals surface area contributed by atoms with Crippen LogP contribution in [0.2, 0.25) is 0 Å². The summed E-state index contributed by atoms with van der Waals surface area (Å²) in [6.07, 6.45) is 4.34. The number of aliphatic hydroxyl groups is 1. The van der Waals surface area contributed by atoms with Crippen molar-refractivity contribution in [3.05, 3.63) is 35.4 Å². The van der Waals surface area contributed by atoms with Crippen LogP contribution in [0.1, 0.15) is 30.4 Å². The minimum Gasteiger partial charge on any atom is -0.393 e. The fourth-order valence-corrected chi connectivity index (χ4v) is 1.79. The molecule has 0 amide bonds. The van der Waals surface area contributed by atoms with Crippen molar-refractivity contribution in [2.24, 2.45) is 5.92 Å². The lowest BCUT2D eigenvalue weighted by Crippen LogP contribution is -2.09. The van der Waals surface area contributed by atoms with Gasteiger partial charge in [0.05, 0.1) is 6.10 Å². The maximum Gasteiger partial charge on any atom is 0.0571 e. The third-order valence-corrected chi connectivity index (χ3v) is 3.02. The van der Waals surface area contributed by atoms with Gasteiger partial charge in [-0.2, -0.15) is 0 Å². The predicted octanol–water partition coefficient (Wildman–Crippen LogP) is 2.70. The van der Waals surface area contributed by atoms with E-state index in [1.165, 1.54) is 24.0 Å². The second-order valence-electron chi connectivity index (χ2n) is 4.43. The Hall–Kier alpha value is -0.820. The van der Waals surface area contributed by atoms with E-state index < -0.39 is 0 Å². The summed E-state index contributed by atoms with van der Waals surface area (Å²) in [5.41, 5.74) is 2.65. The van der Waals surface area contributed by atoms with Crippen LogP contribution >= 0.6 is 0 Å². The number of aliphatic hydroxyl groups excluding tert-OH is 1. The van der Waals surface area contributed by atoms with Gasteiger partial charge < -0.3 is 5.11 Å². The fraction of sp³-hybridized carbons (Fsp3) is 0.538. The molecule has 0 spiro atoms. The molecule has 1 unspecified atom stereocenters. The van der Waals surface area contributed by atoms with Gasteiger partial charge in [-0.25, -0.2) is 0 Å². The Morgan fingerprint density at radius 3 is 2.50 bits per heavy atom. The van der Waals surface area contributed by atoms with Crippen LogP contribution in [0.15, 0.2) is 24.3 Å². The molecule has 0 aliphatic heterocycles. The average Bonchev–Trinajstić information content (AvgIpc) is 3.00. The molecule has 1 N–H and O–H groups in total. The first-order chi connectivity index (χ1) is 6.75. The van der Waals surface area contributed by atoms with Gasteiger partial charge in [0.2, 0.25) is 0 Å². The van der Waals surface area contributed by atoms with E-state index in [1.54, 1.807) is 0 Å². The molecule has 1 aliphatic carbocycles. The lowest BCUT2D eigenvalue weighted by atomic mass is 10.0. The van der Waals surface area contributed by atoms with E-state index in [-0.39, 0.29) is 6.10 Å². The quantitative estimate of drug-likeness (QED) is 0.774. The highest BCUT2D eigenvalue weighted by Gasteiger charge is 2.28. The van der Waals surface area contributed by atoms with Gasteiger partial charge >= 0.3 is 0 Å². The van der Waals surface area contributed by atoms with E-state index in [0.717, 1.165) is 12.8 Å². The molecule has 0 bridgehead atoms. The molecule has 76 valence electrons. The topological polar surface area (TPSA) is 20.2 Å². The van der Waals surface area contributed by atoms with Crippen LogP contribution in [0.3, 0.4) is 0 Å². The first kappa shape index (κ1) is 9.72. The zero-order valence-corrected chi connectivity index (χ0v) is 8.74. The van der Waals surface area contributed by atoms with Crippen molar-refractivity contribution in [2.45, 2.75) is 38.7 Å². The van der Waals surface area contributed by atoms with Crippen molar-refractivity contribution in [3.8, 4) is 0 Å². The summed E-state index contributed by atoms with van der Waals surface area (Å²) in [5, 5.41) is 9.70. The third-order valence-electron chi connectivity index (χ3n) is 3.02. The van der Waals surface area contributed by atoms with Crippen LogP contribution in [-0.2, 0) is 6.42 Å². The lowest BCUT2D eigenvalue weighted by Gasteiger charge is -2.08. The maximum absolute atomic E-state index is 9.70. The average molecular weight is 190 g/mol. The first-order valence-electron chi connectivity index (χ1n) is 5.49. The van der Waals surface area contributed by atoms with E-state index >= 15 is 0 Å². The van der Waals surface area contributed by atoms with Crippen molar-refractivity contribution in [1.82, 2.24) is 0 Å². The minimum absolute atomic E-state index is 0.0590. The Labute approximate surface area is 85.8 Å². The van der Waals surface area contributed by atoms with Crippen LogP contribution in [0.5, 0.6) is 0 Å². The molecule has 0 heterocycles. The maximum atomic E-state index is 9.70. The molecule has 1 aromatic carbocycles. The molecular weight excluding hydrogens is 172 g/mol. The number of aryl methyl sites for hydroxylation is 2. The molecule has 1 atom stereocenters. The molecule has 14 heavy (non-hydrogen) atoms. The van der Waals surface area contributed by atoms with Crippen molar-refractivity contribution in [3.63, 3.8) is 0 Å². The summed E-state index contributed by atoms with van der Waals surface area (Å²) in [6.45, 7) is 2.10. The van der Waals surface area contributed by atoms with E-state index in [2.05, 4.69) is 31.2 Å². The van der Waals surface area contributed by atoms with Crippen molar-refractivity contribution in [1.29, 1.82) is 0 Å². The van der Waals surface area contributed by atoms with Gasteiger partial charge in [0.15, 0.2) is 0 Å². The summed E-state index contributed by atoms with van der Waals surface area (Å²) in [7, 11) is 0. The Balaban J connectivity index is 1.82. The summed E-state index contributed by atoms with van der Waals surface area (Å²) < 4.78 is 0. The molecule has 0 aromatic heterocycles. The van der Waals surface area contributed by atoms with Gasteiger partial charge in [0, 0.05) is 0 Å². The fourth-order valence-electron chi connectivity index (χ4n) is 1.79. The van der Waals surface area contributed by atoms with Crippen molar-refractivity contribution >= 4 is 0 Å². The highest BCUT2D eigenvalue weighted by Crippen LogP contribution is 2.34. The zero-order valence-electron chi connectivity index (χ0n) is 8.74. The summed E-state index contributed by atoms with van der Waals surface area (Å²) in [5.74, 6) is 0.612. The van der Waals surface area contributed by atoms with Crippen LogP contribution in [0.25, 0.3) is 0 Å². The molecule has 2 rings (SSSR count). The smallest absolute Gasteiger partial charge is 0.0571 e. The van der Waals surface area contributed by atoms with Crippen LogP contribution in [-0.4, -0.2) is 11.2 Å². The highest BCUT2D eigenvalue weighted by atomic mass is 16.3. The summed E-state index contributed by atoms with van der Waals surface area (Å²) >= 11 is 0. The van der Waals surface area contributed by atoms with Crippen molar-refractivity contribution in [2.75, 3.05) is 0 Å². The second-order valence-corrected chi connectivity index (χ2v) is 4.43. The van der Waals surface area contributed by atoms with E-state index in [9.17, 15) is 5.11 Å². The molecular formula is C13H18O. The number of hydrogen-bond donors (Lipinski definition) is 1. The minimum atomic E-state index is -0.0590. The molecule has 1 saturated carbocycles. The molecule has 0 saturated heterocycles. The number of rotatable bonds is 4. The lowest BCUT2D eigenvalue weighted by molar-refractivity contribution is 0.142. The monoisotopic (exact) mass is 190 g/mol. The standard InChI is InChI=1S/C13H18O/c1-10-2-4-11(5-3-10)6-9-13(14)12-7-8-12/h2-5,12-14H,6-9H2,1H3. The molecule has 1 fully saturated rings. The van der Waals surface area contributed by atoms with E-state index in [0.29, 0.717) is 5.92 Å². The Morgan fingerprint density at radius 2 is 1.93 bits per heavy atom. The zero-order chi connectivity index (χ0) is 9.97. The Kier molecular flexibility index (Phi) is 2.87. The van der Waals surface area contributed by atoms with Gasteiger partial charge in [0.25, 0.3) is 0 Å². The normalized spacial score (nSPS) is 18.1. The second kappa shape index (κ2) is 4.14. The predicted molar refractivity (Wildman–Crippen MR) is 58.2 cm³/mol. The molecule has 0 radical (unpaired) electrons. The summed E-state index contributed by atoms with van der Waals surface area (Å²) in [4.78, 5) is 0. The molecule has 1 heteroatoms. The molecule has 1 nitrogen and oxygen atoms in total. The van der Waals surface area contributed by atoms with E-state index in [4.69, 9.17) is 0 Å². The van der Waals surface area contributed by atoms with Crippen LogP contribution in [0, 0.1) is 12.8 Å². The highest BCUT2D eigenvalue weighted by molar-refractivity contribution is 5.21. The van der Waals surface area contributed by atoms with Gasteiger partial charge in [0.1, 0.15) is 0 Å². The van der Waals surface area contributed by atoms with Crippen LogP contribution < -0.4 is 0 Å². The van der Waals surface area contributed by atoms with Crippen LogP contribution in [0.4, 0.5) is 0 Å². The van der Waals surface area contributed by atoms with Gasteiger partial charge in [-0.3, -0.25) is 0 Å². The third kappa shape index (κ3) is 2.58.